The molecule has 28 rings (SSSR count). The van der Waals surface area contributed by atoms with E-state index in [-0.39, 0.29) is 16.2 Å². The van der Waals surface area contributed by atoms with Crippen molar-refractivity contribution in [1.82, 2.24) is 0 Å². The fraction of sp³-hybridized carbons (Fsp3) is 0.0621. The number of rotatable bonds is 15. The summed E-state index contributed by atoms with van der Waals surface area (Å²) < 4.78 is 0. The summed E-state index contributed by atoms with van der Waals surface area (Å²) in [6.07, 6.45) is 0. The van der Waals surface area contributed by atoms with Crippen molar-refractivity contribution in [3.63, 3.8) is 0 Å². The monoisotopic (exact) mass is 1890 g/mol. The standard InChI is InChI=1S/C51H37N.2C47H35N/c1-51(2)49-32-37(48-31-36-14-7-9-19-43(36)44-20-10-11-21-45(44)48)25-29-46(49)47-30-28-40(33-50(47)51)52(38-16-4-3-5-17-38)39-26-23-35(24-27-39)42-22-12-15-34-13-6-8-18-41(34)42;1-47(2)45-30-35(42-21-11-15-33-13-7-9-19-40(33)42)24-28-43(45)44-29-27-38(31-46(44)47)48(36-16-4-3-5-17-36)37-25-22-34(23-26-37)41-20-10-14-32-12-6-8-18-39(32)41;1-47(2)45-30-37(36-20-19-32-11-6-7-13-35(32)29-36)23-27-43(45)44-28-26-40(31-46(44)47)48(38-15-4-3-5-16-38)39-24-21-34(22-25-39)42-18-10-14-33-12-8-9-17-41(33)42/h3-33H,1-2H3;2*3-31H,1-2H3. The summed E-state index contributed by atoms with van der Waals surface area (Å²) in [6.45, 7) is 14.3. The number of hydrogen-bond acceptors (Lipinski definition) is 3. The summed E-state index contributed by atoms with van der Waals surface area (Å²) in [4.78, 5) is 7.15. The number of fused-ring (bicyclic) bond motifs is 17. The van der Waals surface area contributed by atoms with Crippen LogP contribution in [0.4, 0.5) is 51.2 Å². The molecule has 0 saturated heterocycles. The zero-order valence-electron chi connectivity index (χ0n) is 83.7. The van der Waals surface area contributed by atoms with E-state index in [0.717, 1.165) is 51.2 Å². The highest BCUT2D eigenvalue weighted by Crippen LogP contribution is 2.57. The van der Waals surface area contributed by atoms with Gasteiger partial charge in [0, 0.05) is 67.4 Å². The summed E-state index contributed by atoms with van der Waals surface area (Å²) in [6, 6.07) is 198. The summed E-state index contributed by atoms with van der Waals surface area (Å²) >= 11 is 0. The number of nitrogens with zero attached hydrogens (tertiary/aromatic N) is 3. The van der Waals surface area contributed by atoms with E-state index in [1.165, 1.54) is 209 Å². The van der Waals surface area contributed by atoms with Gasteiger partial charge < -0.3 is 14.7 Å². The topological polar surface area (TPSA) is 9.72 Å². The maximum absolute atomic E-state index is 2.45. The minimum Gasteiger partial charge on any atom is -0.310 e. The molecule has 0 N–H and O–H groups in total. The van der Waals surface area contributed by atoms with Gasteiger partial charge in [-0.15, -0.1) is 0 Å². The van der Waals surface area contributed by atoms with Gasteiger partial charge in [0.05, 0.1) is 0 Å². The van der Waals surface area contributed by atoms with Crippen LogP contribution < -0.4 is 14.7 Å². The van der Waals surface area contributed by atoms with Crippen LogP contribution >= 0.6 is 0 Å². The van der Waals surface area contributed by atoms with Crippen molar-refractivity contribution in [1.29, 1.82) is 0 Å². The lowest BCUT2D eigenvalue weighted by atomic mass is 9.81. The van der Waals surface area contributed by atoms with E-state index in [1.54, 1.807) is 0 Å². The molecule has 25 aromatic rings. The van der Waals surface area contributed by atoms with Crippen molar-refractivity contribution in [3.8, 4) is 100 Å². The predicted octanol–water partition coefficient (Wildman–Crippen LogP) is 40.5. The smallest absolute Gasteiger partial charge is 0.0465 e. The van der Waals surface area contributed by atoms with E-state index in [4.69, 9.17) is 0 Å². The molecule has 0 spiro atoms. The maximum atomic E-state index is 2.45. The van der Waals surface area contributed by atoms with E-state index in [0.29, 0.717) is 0 Å². The summed E-state index contributed by atoms with van der Waals surface area (Å²) in [5.74, 6) is 0. The molecule has 0 saturated carbocycles. The van der Waals surface area contributed by atoms with Gasteiger partial charge in [0.25, 0.3) is 0 Å². The molecule has 148 heavy (non-hydrogen) atoms. The highest BCUT2D eigenvalue weighted by molar-refractivity contribution is 6.14. The Kier molecular flexibility index (Phi) is 22.4. The SMILES string of the molecule is CC1(C)c2cc(-c3cc4ccccc4c4ccccc34)ccc2-c2ccc(N(c3ccccc3)c3ccc(-c4cccc5ccccc45)cc3)cc21.CC1(C)c2cc(-c3ccc4ccccc4c3)ccc2-c2ccc(N(c3ccccc3)c3ccc(-c4cccc5ccccc45)cc3)cc21.CC1(C)c2cc(-c3cccc4ccccc34)ccc2-c2ccc(N(c3ccccc3)c3ccc(-c4cccc5ccccc45)cc3)cc21. The molecule has 0 atom stereocenters. The molecule has 0 heterocycles. The molecule has 3 aliphatic rings. The zero-order chi connectivity index (χ0) is 99.3. The first-order chi connectivity index (χ1) is 72.6. The van der Waals surface area contributed by atoms with E-state index in [1.807, 2.05) is 0 Å². The van der Waals surface area contributed by atoms with Crippen molar-refractivity contribution in [2.45, 2.75) is 57.8 Å². The Morgan fingerprint density at radius 2 is 0.345 bits per heavy atom. The molecule has 0 bridgehead atoms. The van der Waals surface area contributed by atoms with Gasteiger partial charge in [-0.1, -0.05) is 442 Å². The highest BCUT2D eigenvalue weighted by Gasteiger charge is 2.40. The number of para-hydroxylation sites is 3. The lowest BCUT2D eigenvalue weighted by Gasteiger charge is -2.28. The quantitative estimate of drug-likeness (QED) is 0.0947. The molecule has 3 nitrogen and oxygen atoms in total. The van der Waals surface area contributed by atoms with Gasteiger partial charge in [-0.25, -0.2) is 0 Å². The van der Waals surface area contributed by atoms with Gasteiger partial charge >= 0.3 is 0 Å². The van der Waals surface area contributed by atoms with Crippen LogP contribution in [-0.4, -0.2) is 0 Å². The number of benzene rings is 25. The van der Waals surface area contributed by atoms with Crippen LogP contribution in [0.2, 0.25) is 0 Å². The van der Waals surface area contributed by atoms with Crippen LogP contribution in [0.15, 0.2) is 540 Å². The second-order valence-electron chi connectivity index (χ2n) is 41.4. The molecule has 0 unspecified atom stereocenters. The Balaban J connectivity index is 0.000000112. The molecule has 0 aromatic heterocycles. The number of hydrogen-bond donors (Lipinski definition) is 0. The first-order valence-corrected chi connectivity index (χ1v) is 51.7. The minimum absolute atomic E-state index is 0.145. The molecule has 702 valence electrons. The largest absolute Gasteiger partial charge is 0.310 e. The van der Waals surface area contributed by atoms with Gasteiger partial charge in [0.15, 0.2) is 0 Å². The van der Waals surface area contributed by atoms with Gasteiger partial charge in [-0.05, 0) is 348 Å². The Morgan fingerprint density at radius 3 is 0.709 bits per heavy atom. The summed E-state index contributed by atoms with van der Waals surface area (Å²) in [5, 5.41) is 17.9. The molecule has 0 radical (unpaired) electrons. The van der Waals surface area contributed by atoms with E-state index < -0.39 is 0 Å². The molecular weight excluding hydrogens is 1780 g/mol. The molecule has 3 heteroatoms. The highest BCUT2D eigenvalue weighted by atomic mass is 15.2. The predicted molar refractivity (Wildman–Crippen MR) is 631 cm³/mol. The van der Waals surface area contributed by atoms with Crippen molar-refractivity contribution >= 4 is 127 Å². The van der Waals surface area contributed by atoms with Crippen molar-refractivity contribution in [3.05, 3.63) is 573 Å². The van der Waals surface area contributed by atoms with Gasteiger partial charge in [0.2, 0.25) is 0 Å². The molecule has 0 amide bonds. The second kappa shape index (κ2) is 36.8. The van der Waals surface area contributed by atoms with E-state index >= 15 is 0 Å². The average Bonchev–Trinajstić information content (AvgIpc) is 1.74. The van der Waals surface area contributed by atoms with Crippen LogP contribution in [0.25, 0.3) is 176 Å². The molecule has 25 aromatic carbocycles. The molecule has 3 aliphatic carbocycles. The first kappa shape index (κ1) is 89.8. The molecular formula is C145H107N3. The normalized spacial score (nSPS) is 13.0. The zero-order valence-corrected chi connectivity index (χ0v) is 83.7. The van der Waals surface area contributed by atoms with Crippen LogP contribution in [0, 0.1) is 0 Å². The third-order valence-corrected chi connectivity index (χ3v) is 31.7. The van der Waals surface area contributed by atoms with Crippen LogP contribution in [0.5, 0.6) is 0 Å². The third-order valence-electron chi connectivity index (χ3n) is 31.7. The Morgan fingerprint density at radius 1 is 0.115 bits per heavy atom. The lowest BCUT2D eigenvalue weighted by Crippen LogP contribution is -2.16. The number of anilines is 9. The molecule has 0 fully saturated rings. The first-order valence-electron chi connectivity index (χ1n) is 51.7. The van der Waals surface area contributed by atoms with Crippen molar-refractivity contribution < 1.29 is 0 Å². The average molecular weight is 1890 g/mol. The lowest BCUT2D eigenvalue weighted by molar-refractivity contribution is 0.660. The van der Waals surface area contributed by atoms with E-state index in [9.17, 15) is 0 Å². The summed E-state index contributed by atoms with van der Waals surface area (Å²) in [7, 11) is 0. The fourth-order valence-corrected chi connectivity index (χ4v) is 24.1. The third kappa shape index (κ3) is 15.8. The Bertz CT molecular complexity index is 9460. The Hall–Kier alpha value is -18.3. The van der Waals surface area contributed by atoms with Crippen molar-refractivity contribution in [2.75, 3.05) is 14.7 Å². The second-order valence-corrected chi connectivity index (χ2v) is 41.4. The van der Waals surface area contributed by atoms with Crippen molar-refractivity contribution in [2.24, 2.45) is 0 Å². The molecule has 0 aliphatic heterocycles. The van der Waals surface area contributed by atoms with Crippen LogP contribution in [0.3, 0.4) is 0 Å². The maximum Gasteiger partial charge on any atom is 0.0465 e. The van der Waals surface area contributed by atoms with Crippen LogP contribution in [0.1, 0.15) is 74.9 Å². The minimum atomic E-state index is -0.177. The van der Waals surface area contributed by atoms with Gasteiger partial charge in [-0.3, -0.25) is 0 Å². The summed E-state index contributed by atoms with van der Waals surface area (Å²) in [5.41, 5.74) is 41.0. The van der Waals surface area contributed by atoms with E-state index in [2.05, 4.69) is 596 Å². The van der Waals surface area contributed by atoms with Gasteiger partial charge in [-0.2, -0.15) is 0 Å². The fourth-order valence-electron chi connectivity index (χ4n) is 24.1. The van der Waals surface area contributed by atoms with Gasteiger partial charge in [0.1, 0.15) is 0 Å². The Labute approximate surface area is 866 Å². The van der Waals surface area contributed by atoms with Crippen LogP contribution in [-0.2, 0) is 16.2 Å².